The number of fused-ring (bicyclic) bond motifs is 2. The second-order valence-corrected chi connectivity index (χ2v) is 7.33. The summed E-state index contributed by atoms with van der Waals surface area (Å²) in [5.74, 6) is 2.55. The molecule has 5 rings (SSSR count). The summed E-state index contributed by atoms with van der Waals surface area (Å²) < 4.78 is 10.9. The predicted octanol–water partition coefficient (Wildman–Crippen LogP) is 3.05. The number of nitrogens with zero attached hydrogens (tertiary/aromatic N) is 4. The third kappa shape index (κ3) is 3.14. The molecule has 27 heavy (non-hydrogen) atoms. The lowest BCUT2D eigenvalue weighted by molar-refractivity contribution is 0.173. The van der Waals surface area contributed by atoms with E-state index in [0.29, 0.717) is 12.8 Å². The zero-order valence-electron chi connectivity index (χ0n) is 15.6. The molecule has 3 heterocycles. The summed E-state index contributed by atoms with van der Waals surface area (Å²) >= 11 is 0. The average molecular weight is 364 g/mol. The molecule has 6 heteroatoms. The molecular formula is C21H24N4O2. The van der Waals surface area contributed by atoms with Crippen LogP contribution in [0.3, 0.4) is 0 Å². The molecule has 0 N–H and O–H groups in total. The van der Waals surface area contributed by atoms with E-state index in [2.05, 4.69) is 46.0 Å². The van der Waals surface area contributed by atoms with Crippen LogP contribution >= 0.6 is 0 Å². The standard InChI is InChI=1S/C21H24N4O2/c1-15(16-6-7-19-20(12-16)27-14-26-19)24-8-10-25(11-9-24)21-22-13-17-4-2-3-5-18(17)23-21/h3,5-7,12-13,15H,2,4,8-11,14H2,1H3. The topological polar surface area (TPSA) is 50.7 Å². The van der Waals surface area contributed by atoms with Gasteiger partial charge in [-0.3, -0.25) is 4.90 Å². The molecule has 1 unspecified atom stereocenters. The smallest absolute Gasteiger partial charge is 0.231 e. The van der Waals surface area contributed by atoms with Crippen molar-refractivity contribution < 1.29 is 9.47 Å². The molecule has 0 radical (unpaired) electrons. The Hall–Kier alpha value is -2.60. The molecule has 0 saturated carbocycles. The lowest BCUT2D eigenvalue weighted by Crippen LogP contribution is -2.47. The van der Waals surface area contributed by atoms with Crippen molar-refractivity contribution in [2.45, 2.75) is 25.8 Å². The number of hydrogen-bond acceptors (Lipinski definition) is 6. The maximum Gasteiger partial charge on any atom is 0.231 e. The first-order chi connectivity index (χ1) is 13.3. The number of hydrogen-bond donors (Lipinski definition) is 0. The summed E-state index contributed by atoms with van der Waals surface area (Å²) in [5, 5.41) is 0. The van der Waals surface area contributed by atoms with E-state index in [1.165, 1.54) is 11.1 Å². The van der Waals surface area contributed by atoms with Gasteiger partial charge in [0.25, 0.3) is 0 Å². The van der Waals surface area contributed by atoms with Crippen molar-refractivity contribution >= 4 is 12.0 Å². The van der Waals surface area contributed by atoms with E-state index in [4.69, 9.17) is 14.5 Å². The van der Waals surface area contributed by atoms with Crippen LogP contribution in [0.25, 0.3) is 6.08 Å². The summed E-state index contributed by atoms with van der Waals surface area (Å²) in [5.41, 5.74) is 3.61. The van der Waals surface area contributed by atoms with Crippen molar-refractivity contribution in [3.05, 3.63) is 47.3 Å². The van der Waals surface area contributed by atoms with E-state index >= 15 is 0 Å². The van der Waals surface area contributed by atoms with E-state index in [1.807, 2.05) is 12.3 Å². The van der Waals surface area contributed by atoms with Gasteiger partial charge in [0.2, 0.25) is 12.7 Å². The molecule has 3 aliphatic rings. The monoisotopic (exact) mass is 364 g/mol. The van der Waals surface area contributed by atoms with E-state index in [-0.39, 0.29) is 0 Å². The Morgan fingerprint density at radius 3 is 2.81 bits per heavy atom. The number of anilines is 1. The van der Waals surface area contributed by atoms with Crippen LogP contribution in [0.2, 0.25) is 0 Å². The Bertz CT molecular complexity index is 874. The number of piperazine rings is 1. The van der Waals surface area contributed by atoms with Crippen molar-refractivity contribution in [2.75, 3.05) is 37.9 Å². The molecule has 1 aromatic heterocycles. The normalized spacial score (nSPS) is 19.8. The Morgan fingerprint density at radius 1 is 1.07 bits per heavy atom. The molecule has 0 amide bonds. The Morgan fingerprint density at radius 2 is 1.93 bits per heavy atom. The summed E-state index contributed by atoms with van der Waals surface area (Å²) in [6, 6.07) is 6.61. The first-order valence-electron chi connectivity index (χ1n) is 9.69. The fraction of sp³-hybridized carbons (Fsp3) is 0.429. The average Bonchev–Trinajstić information content (AvgIpc) is 3.21. The highest BCUT2D eigenvalue weighted by molar-refractivity contribution is 5.53. The quantitative estimate of drug-likeness (QED) is 0.834. The van der Waals surface area contributed by atoms with Crippen LogP contribution in [0.15, 0.2) is 30.5 Å². The van der Waals surface area contributed by atoms with Gasteiger partial charge in [0.15, 0.2) is 11.5 Å². The van der Waals surface area contributed by atoms with Gasteiger partial charge >= 0.3 is 0 Å². The summed E-state index contributed by atoms with van der Waals surface area (Å²) in [6.45, 7) is 6.45. The molecular weight excluding hydrogens is 340 g/mol. The second kappa shape index (κ2) is 6.85. The second-order valence-electron chi connectivity index (χ2n) is 7.33. The lowest BCUT2D eigenvalue weighted by Gasteiger charge is -2.38. The van der Waals surface area contributed by atoms with Gasteiger partial charge in [-0.25, -0.2) is 9.97 Å². The number of rotatable bonds is 3. The van der Waals surface area contributed by atoms with Crippen molar-refractivity contribution in [1.82, 2.24) is 14.9 Å². The van der Waals surface area contributed by atoms with Gasteiger partial charge < -0.3 is 14.4 Å². The summed E-state index contributed by atoms with van der Waals surface area (Å²) in [4.78, 5) is 14.2. The minimum atomic E-state index is 0.321. The van der Waals surface area contributed by atoms with Crippen molar-refractivity contribution in [1.29, 1.82) is 0 Å². The lowest BCUT2D eigenvalue weighted by atomic mass is 10.0. The molecule has 0 spiro atoms. The third-order valence-electron chi connectivity index (χ3n) is 5.77. The highest BCUT2D eigenvalue weighted by atomic mass is 16.7. The van der Waals surface area contributed by atoms with Crippen LogP contribution in [0, 0.1) is 0 Å². The number of allylic oxidation sites excluding steroid dienone is 1. The van der Waals surface area contributed by atoms with E-state index in [1.54, 1.807) is 0 Å². The van der Waals surface area contributed by atoms with Crippen molar-refractivity contribution in [3.8, 4) is 11.5 Å². The van der Waals surface area contributed by atoms with Crippen LogP contribution in [0.1, 0.15) is 36.2 Å². The summed E-state index contributed by atoms with van der Waals surface area (Å²) in [7, 11) is 0. The van der Waals surface area contributed by atoms with Crippen LogP contribution in [-0.4, -0.2) is 47.8 Å². The fourth-order valence-electron chi connectivity index (χ4n) is 4.03. The molecule has 1 aromatic carbocycles. The van der Waals surface area contributed by atoms with Crippen LogP contribution < -0.4 is 14.4 Å². The van der Waals surface area contributed by atoms with Crippen LogP contribution in [0.4, 0.5) is 5.95 Å². The zero-order valence-corrected chi connectivity index (χ0v) is 15.6. The van der Waals surface area contributed by atoms with Crippen molar-refractivity contribution in [3.63, 3.8) is 0 Å². The first kappa shape index (κ1) is 16.6. The number of aryl methyl sites for hydroxylation is 1. The van der Waals surface area contributed by atoms with Gasteiger partial charge in [-0.05, 0) is 49.1 Å². The minimum Gasteiger partial charge on any atom is -0.454 e. The molecule has 140 valence electrons. The largest absolute Gasteiger partial charge is 0.454 e. The van der Waals surface area contributed by atoms with Crippen LogP contribution in [-0.2, 0) is 6.42 Å². The SMILES string of the molecule is CC(c1ccc2c(c1)OCO2)N1CCN(c2ncc3c(n2)C=CCC3)CC1. The Labute approximate surface area is 159 Å². The van der Waals surface area contributed by atoms with Gasteiger partial charge in [-0.2, -0.15) is 0 Å². The molecule has 1 fully saturated rings. The number of ether oxygens (including phenoxy) is 2. The molecule has 6 nitrogen and oxygen atoms in total. The molecule has 1 saturated heterocycles. The van der Waals surface area contributed by atoms with E-state index in [0.717, 1.165) is 62.2 Å². The highest BCUT2D eigenvalue weighted by Crippen LogP contribution is 2.35. The highest BCUT2D eigenvalue weighted by Gasteiger charge is 2.25. The first-order valence-corrected chi connectivity index (χ1v) is 9.69. The van der Waals surface area contributed by atoms with Gasteiger partial charge in [-0.1, -0.05) is 12.1 Å². The van der Waals surface area contributed by atoms with E-state index in [9.17, 15) is 0 Å². The maximum atomic E-state index is 5.53. The molecule has 2 aliphatic heterocycles. The van der Waals surface area contributed by atoms with Gasteiger partial charge in [0, 0.05) is 38.4 Å². The van der Waals surface area contributed by atoms with Crippen molar-refractivity contribution in [2.24, 2.45) is 0 Å². The van der Waals surface area contributed by atoms with E-state index < -0.39 is 0 Å². The molecule has 1 aliphatic carbocycles. The Kier molecular flexibility index (Phi) is 4.20. The summed E-state index contributed by atoms with van der Waals surface area (Å²) in [6.07, 6.45) is 8.47. The van der Waals surface area contributed by atoms with Crippen LogP contribution in [0.5, 0.6) is 11.5 Å². The molecule has 2 aromatic rings. The van der Waals surface area contributed by atoms with Gasteiger partial charge in [0.1, 0.15) is 0 Å². The van der Waals surface area contributed by atoms with Gasteiger partial charge in [-0.15, -0.1) is 0 Å². The minimum absolute atomic E-state index is 0.321. The number of aromatic nitrogens is 2. The molecule has 1 atom stereocenters. The van der Waals surface area contributed by atoms with Gasteiger partial charge in [0.05, 0.1) is 5.69 Å². The predicted molar refractivity (Wildman–Crippen MR) is 104 cm³/mol. The molecule has 0 bridgehead atoms. The maximum absolute atomic E-state index is 5.53. The zero-order chi connectivity index (χ0) is 18.2. The Balaban J connectivity index is 1.26. The third-order valence-corrected chi connectivity index (χ3v) is 5.77. The fourth-order valence-corrected chi connectivity index (χ4v) is 4.03. The number of benzene rings is 1.